The number of ether oxygens (including phenoxy) is 1. The van der Waals surface area contributed by atoms with Crippen molar-refractivity contribution >= 4 is 46.6 Å². The molecule has 0 radical (unpaired) electrons. The van der Waals surface area contributed by atoms with E-state index in [4.69, 9.17) is 4.74 Å². The number of halogens is 2. The van der Waals surface area contributed by atoms with Crippen molar-refractivity contribution in [3.63, 3.8) is 0 Å². The van der Waals surface area contributed by atoms with Gasteiger partial charge >= 0.3 is 6.03 Å². The number of amides is 4. The molecule has 0 bridgehead atoms. The minimum absolute atomic E-state index is 0.0130. The van der Waals surface area contributed by atoms with Gasteiger partial charge in [-0.15, -0.1) is 10.2 Å². The van der Waals surface area contributed by atoms with Crippen LogP contribution in [0.4, 0.5) is 19.3 Å². The molecule has 2 aromatic rings. The van der Waals surface area contributed by atoms with Crippen molar-refractivity contribution in [1.82, 2.24) is 20.8 Å². The van der Waals surface area contributed by atoms with Gasteiger partial charge in [-0.2, -0.15) is 0 Å². The second kappa shape index (κ2) is 7.71. The van der Waals surface area contributed by atoms with E-state index in [1.165, 1.54) is 22.7 Å². The minimum atomic E-state index is -1.77. The second-order valence-corrected chi connectivity index (χ2v) is 10.3. The molecule has 174 valence electrons. The fourth-order valence-corrected chi connectivity index (χ4v) is 6.37. The minimum Gasteiger partial charge on any atom is -0.372 e. The third-order valence-electron chi connectivity index (χ3n) is 6.28. The molecule has 1 aromatic carbocycles. The Balaban J connectivity index is 1.73. The molecule has 3 atom stereocenters. The van der Waals surface area contributed by atoms with Crippen LogP contribution in [0.25, 0.3) is 10.6 Å². The van der Waals surface area contributed by atoms with Crippen LogP contribution in [0, 0.1) is 17.0 Å². The maximum atomic E-state index is 15.6. The van der Waals surface area contributed by atoms with Crippen LogP contribution >= 0.6 is 23.1 Å². The van der Waals surface area contributed by atoms with Gasteiger partial charge in [-0.25, -0.2) is 13.6 Å². The summed E-state index contributed by atoms with van der Waals surface area (Å²) in [5.74, 6) is -3.76. The maximum absolute atomic E-state index is 15.6. The number of thioether (sulfide) groups is 1. The highest BCUT2D eigenvalue weighted by Gasteiger charge is 2.63. The number of imide groups is 2. The first-order valence-corrected chi connectivity index (χ1v) is 12.2. The zero-order valence-corrected chi connectivity index (χ0v) is 19.4. The van der Waals surface area contributed by atoms with Crippen LogP contribution in [-0.2, 0) is 20.7 Å². The van der Waals surface area contributed by atoms with Crippen molar-refractivity contribution in [2.24, 2.45) is 5.41 Å². The van der Waals surface area contributed by atoms with E-state index in [0.717, 1.165) is 11.3 Å². The van der Waals surface area contributed by atoms with Crippen molar-refractivity contribution < 1.29 is 27.9 Å². The van der Waals surface area contributed by atoms with Crippen LogP contribution in [-0.4, -0.2) is 59.1 Å². The topological polar surface area (TPSA) is 114 Å². The number of aromatic nitrogens is 2. The molecule has 3 aliphatic rings. The quantitative estimate of drug-likeness (QED) is 0.481. The fourth-order valence-electron chi connectivity index (χ4n) is 5.09. The standard InChI is InChI=1S/C20H19F2N5O4S2/c1-7-6-27-13-9(4-10(11(21)12(13)22)15-25-26-19(32-3)33-15)5-20(14(27)8(2)31-7)16(28)23-18(30)24-17(20)29/h4,7-8,14H,5-6H2,1-3H3,(H2,23,24,28,29,30)/t7?,8?,14-/m0/s1. The predicted octanol–water partition coefficient (Wildman–Crippen LogP) is 2.10. The predicted molar refractivity (Wildman–Crippen MR) is 116 cm³/mol. The number of anilines is 1. The van der Waals surface area contributed by atoms with E-state index in [1.54, 1.807) is 20.1 Å². The van der Waals surface area contributed by atoms with Crippen molar-refractivity contribution in [2.75, 3.05) is 17.7 Å². The molecule has 2 N–H and O–H groups in total. The van der Waals surface area contributed by atoms with Crippen molar-refractivity contribution in [3.8, 4) is 10.6 Å². The Morgan fingerprint density at radius 2 is 1.88 bits per heavy atom. The number of rotatable bonds is 2. The number of barbiturate groups is 1. The molecule has 0 aliphatic carbocycles. The summed E-state index contributed by atoms with van der Waals surface area (Å²) in [6.07, 6.45) is 0.501. The number of carbonyl (C=O) groups is 3. The smallest absolute Gasteiger partial charge is 0.328 e. The lowest BCUT2D eigenvalue weighted by Crippen LogP contribution is -2.75. The third kappa shape index (κ3) is 3.16. The highest BCUT2D eigenvalue weighted by Crippen LogP contribution is 2.49. The lowest BCUT2D eigenvalue weighted by molar-refractivity contribution is -0.153. The maximum Gasteiger partial charge on any atom is 0.328 e. The Kier molecular flexibility index (Phi) is 5.18. The Bertz CT molecular complexity index is 1190. The number of nitrogens with one attached hydrogen (secondary N) is 2. The summed E-state index contributed by atoms with van der Waals surface area (Å²) in [6.45, 7) is 3.57. The first-order valence-electron chi connectivity index (χ1n) is 10.1. The molecule has 3 aliphatic heterocycles. The van der Waals surface area contributed by atoms with Gasteiger partial charge in [0.2, 0.25) is 11.8 Å². The molecular weight excluding hydrogens is 476 g/mol. The van der Waals surface area contributed by atoms with E-state index in [2.05, 4.69) is 20.8 Å². The summed E-state index contributed by atoms with van der Waals surface area (Å²) in [4.78, 5) is 39.6. The number of urea groups is 1. The molecule has 0 saturated carbocycles. The summed E-state index contributed by atoms with van der Waals surface area (Å²) in [6, 6.07) is -0.452. The number of hydrogen-bond donors (Lipinski definition) is 2. The molecule has 33 heavy (non-hydrogen) atoms. The summed E-state index contributed by atoms with van der Waals surface area (Å²) < 4.78 is 37.3. The average Bonchev–Trinajstić information content (AvgIpc) is 3.22. The third-order valence-corrected chi connectivity index (χ3v) is 8.21. The molecule has 2 saturated heterocycles. The SMILES string of the molecule is CSc1nnc(-c2cc3c(c(F)c2F)N2CC(C)OC(C)[C@H]2C2(C3)C(=O)NC(=O)NC2=O)s1. The van der Waals surface area contributed by atoms with E-state index in [-0.39, 0.29) is 40.9 Å². The average molecular weight is 496 g/mol. The number of morpholine rings is 1. The van der Waals surface area contributed by atoms with Gasteiger partial charge in [0.15, 0.2) is 26.4 Å². The van der Waals surface area contributed by atoms with Gasteiger partial charge < -0.3 is 9.64 Å². The van der Waals surface area contributed by atoms with Crippen molar-refractivity contribution in [2.45, 2.75) is 42.9 Å². The Morgan fingerprint density at radius 1 is 1.18 bits per heavy atom. The number of nitrogens with zero attached hydrogens (tertiary/aromatic N) is 3. The second-order valence-electron chi connectivity index (χ2n) is 8.27. The Hall–Kier alpha value is -2.64. The van der Waals surface area contributed by atoms with E-state index >= 15 is 8.78 Å². The van der Waals surface area contributed by atoms with E-state index in [9.17, 15) is 14.4 Å². The largest absolute Gasteiger partial charge is 0.372 e. The summed E-state index contributed by atoms with van der Waals surface area (Å²) in [7, 11) is 0. The summed E-state index contributed by atoms with van der Waals surface area (Å²) in [5.41, 5.74) is -1.62. The number of carbonyl (C=O) groups excluding carboxylic acids is 3. The zero-order chi connectivity index (χ0) is 23.7. The van der Waals surface area contributed by atoms with Crippen LogP contribution in [0.2, 0.25) is 0 Å². The van der Waals surface area contributed by atoms with Gasteiger partial charge in [0, 0.05) is 13.0 Å². The highest BCUT2D eigenvalue weighted by atomic mass is 32.2. The van der Waals surface area contributed by atoms with E-state index < -0.39 is 47.0 Å². The van der Waals surface area contributed by atoms with Gasteiger partial charge in [0.25, 0.3) is 0 Å². The van der Waals surface area contributed by atoms with Gasteiger partial charge in [-0.3, -0.25) is 20.2 Å². The molecule has 4 heterocycles. The van der Waals surface area contributed by atoms with Crippen molar-refractivity contribution in [1.29, 1.82) is 0 Å². The molecular formula is C20H19F2N5O4S2. The van der Waals surface area contributed by atoms with Crippen LogP contribution in [0.15, 0.2) is 10.4 Å². The van der Waals surface area contributed by atoms with E-state index in [0.29, 0.717) is 4.34 Å². The van der Waals surface area contributed by atoms with Gasteiger partial charge in [0.1, 0.15) is 0 Å². The molecule has 13 heteroatoms. The first kappa shape index (κ1) is 22.2. The lowest BCUT2D eigenvalue weighted by Gasteiger charge is -2.55. The molecule has 2 fully saturated rings. The van der Waals surface area contributed by atoms with Crippen molar-refractivity contribution in [3.05, 3.63) is 23.3 Å². The van der Waals surface area contributed by atoms with Gasteiger partial charge in [-0.1, -0.05) is 23.1 Å². The monoisotopic (exact) mass is 495 g/mol. The molecule has 4 amide bonds. The Labute approximate surface area is 195 Å². The molecule has 1 spiro atoms. The van der Waals surface area contributed by atoms with Crippen LogP contribution in [0.3, 0.4) is 0 Å². The van der Waals surface area contributed by atoms with Crippen LogP contribution in [0.5, 0.6) is 0 Å². The fraction of sp³-hybridized carbons (Fsp3) is 0.450. The van der Waals surface area contributed by atoms with Crippen LogP contribution in [0.1, 0.15) is 19.4 Å². The number of hydrogen-bond acceptors (Lipinski definition) is 9. The molecule has 9 nitrogen and oxygen atoms in total. The molecule has 5 rings (SSSR count). The Morgan fingerprint density at radius 3 is 2.52 bits per heavy atom. The normalized spacial score (nSPS) is 26.0. The number of fused-ring (bicyclic) bond motifs is 4. The van der Waals surface area contributed by atoms with Crippen LogP contribution < -0.4 is 15.5 Å². The zero-order valence-electron chi connectivity index (χ0n) is 17.8. The highest BCUT2D eigenvalue weighted by molar-refractivity contribution is 8.00. The van der Waals surface area contributed by atoms with Gasteiger partial charge in [0.05, 0.1) is 29.5 Å². The molecule has 2 unspecified atom stereocenters. The lowest BCUT2D eigenvalue weighted by atomic mass is 9.66. The first-order chi connectivity index (χ1) is 15.7. The molecule has 1 aromatic heterocycles. The summed E-state index contributed by atoms with van der Waals surface area (Å²) in [5, 5.41) is 12.4. The number of benzene rings is 1. The van der Waals surface area contributed by atoms with Gasteiger partial charge in [-0.05, 0) is 31.7 Å². The van der Waals surface area contributed by atoms with E-state index in [1.807, 2.05) is 0 Å². The summed E-state index contributed by atoms with van der Waals surface area (Å²) >= 11 is 2.43.